The van der Waals surface area contributed by atoms with Crippen LogP contribution in [0.2, 0.25) is 0 Å². The number of carbonyl (C=O) groups is 3. The maximum absolute atomic E-state index is 13.1. The molecule has 7 heteroatoms. The fourth-order valence-electron chi connectivity index (χ4n) is 4.22. The third-order valence-corrected chi connectivity index (χ3v) is 5.69. The molecule has 1 saturated carbocycles. The molecule has 31 heavy (non-hydrogen) atoms. The maximum atomic E-state index is 13.1. The molecule has 1 aliphatic carbocycles. The van der Waals surface area contributed by atoms with E-state index >= 15 is 0 Å². The van der Waals surface area contributed by atoms with Gasteiger partial charge in [0.25, 0.3) is 5.91 Å². The van der Waals surface area contributed by atoms with Gasteiger partial charge in [0, 0.05) is 17.4 Å². The van der Waals surface area contributed by atoms with E-state index in [-0.39, 0.29) is 30.9 Å². The van der Waals surface area contributed by atoms with Gasteiger partial charge in [-0.2, -0.15) is 0 Å². The van der Waals surface area contributed by atoms with Gasteiger partial charge in [0.05, 0.1) is 12.2 Å². The zero-order valence-electron chi connectivity index (χ0n) is 18.4. The molecule has 0 saturated heterocycles. The molecule has 1 aliphatic rings. The number of carbonyl (C=O) groups excluding carboxylic acids is 3. The maximum Gasteiger partial charge on any atom is 0.355 e. The van der Waals surface area contributed by atoms with Crippen LogP contribution in [0.25, 0.3) is 0 Å². The van der Waals surface area contributed by atoms with Gasteiger partial charge in [-0.3, -0.25) is 4.79 Å². The molecule has 0 radical (unpaired) electrons. The smallest absolute Gasteiger partial charge is 0.355 e. The number of nitrogens with zero attached hydrogens (tertiary/aromatic N) is 1. The molecule has 1 aromatic heterocycles. The van der Waals surface area contributed by atoms with Crippen LogP contribution in [0.5, 0.6) is 0 Å². The topological polar surface area (TPSA) is 88.7 Å². The first kappa shape index (κ1) is 22.6. The highest BCUT2D eigenvalue weighted by Gasteiger charge is 2.29. The molecule has 0 atom stereocenters. The summed E-state index contributed by atoms with van der Waals surface area (Å²) in [7, 11) is 0. The first-order valence-corrected chi connectivity index (χ1v) is 10.8. The van der Waals surface area contributed by atoms with Crippen LogP contribution in [0.4, 0.5) is 5.69 Å². The van der Waals surface area contributed by atoms with E-state index in [2.05, 4.69) is 4.98 Å². The Bertz CT molecular complexity index is 929. The summed E-state index contributed by atoms with van der Waals surface area (Å²) in [6.07, 6.45) is 5.21. The van der Waals surface area contributed by atoms with Crippen LogP contribution in [-0.4, -0.2) is 42.1 Å². The predicted octanol–water partition coefficient (Wildman–Crippen LogP) is 4.33. The standard InChI is InChI=1S/C24H30N2O5/c1-4-30-23(28)21-16(2)22(25-17(21)3)24(29)31-15-20(27)26(18-11-7-5-8-12-18)19-13-9-6-10-14-19/h5,7-8,11-12,19,25H,4,6,9-10,13-15H2,1-3H3. The molecule has 1 amide bonds. The second kappa shape index (κ2) is 10.3. The fourth-order valence-corrected chi connectivity index (χ4v) is 4.22. The molecule has 7 nitrogen and oxygen atoms in total. The number of hydrogen-bond donors (Lipinski definition) is 1. The highest BCUT2D eigenvalue weighted by molar-refractivity contribution is 6.00. The van der Waals surface area contributed by atoms with Crippen molar-refractivity contribution in [2.24, 2.45) is 0 Å². The van der Waals surface area contributed by atoms with Crippen molar-refractivity contribution >= 4 is 23.5 Å². The molecule has 0 aliphatic heterocycles. The molecule has 1 fully saturated rings. The zero-order chi connectivity index (χ0) is 22.4. The van der Waals surface area contributed by atoms with Gasteiger partial charge in [0.15, 0.2) is 6.61 Å². The van der Waals surface area contributed by atoms with E-state index in [4.69, 9.17) is 9.47 Å². The summed E-state index contributed by atoms with van der Waals surface area (Å²) in [5, 5.41) is 0. The van der Waals surface area contributed by atoms with Gasteiger partial charge in [-0.25, -0.2) is 9.59 Å². The Labute approximate surface area is 182 Å². The van der Waals surface area contributed by atoms with E-state index in [1.807, 2.05) is 30.3 Å². The highest BCUT2D eigenvalue weighted by Crippen LogP contribution is 2.27. The zero-order valence-corrected chi connectivity index (χ0v) is 18.4. The summed E-state index contributed by atoms with van der Waals surface area (Å²) in [5.74, 6) is -1.41. The van der Waals surface area contributed by atoms with Crippen molar-refractivity contribution in [1.82, 2.24) is 4.98 Å². The first-order valence-electron chi connectivity index (χ1n) is 10.8. The molecule has 166 valence electrons. The molecular formula is C24H30N2O5. The van der Waals surface area contributed by atoms with Gasteiger partial charge in [0.1, 0.15) is 5.69 Å². The van der Waals surface area contributed by atoms with Crippen molar-refractivity contribution in [3.8, 4) is 0 Å². The van der Waals surface area contributed by atoms with Crippen molar-refractivity contribution in [3.63, 3.8) is 0 Å². The molecule has 2 aromatic rings. The average molecular weight is 427 g/mol. The normalized spacial score (nSPS) is 14.2. The SMILES string of the molecule is CCOC(=O)c1c(C)[nH]c(C(=O)OCC(=O)N(c2ccccc2)C2CCCCC2)c1C. The summed E-state index contributed by atoms with van der Waals surface area (Å²) < 4.78 is 10.4. The van der Waals surface area contributed by atoms with Gasteiger partial charge in [0.2, 0.25) is 0 Å². The van der Waals surface area contributed by atoms with Crippen molar-refractivity contribution < 1.29 is 23.9 Å². The quantitative estimate of drug-likeness (QED) is 0.666. The number of hydrogen-bond acceptors (Lipinski definition) is 5. The average Bonchev–Trinajstić information content (AvgIpc) is 3.08. The van der Waals surface area contributed by atoms with Crippen molar-refractivity contribution in [2.75, 3.05) is 18.1 Å². The molecule has 0 bridgehead atoms. The third-order valence-electron chi connectivity index (χ3n) is 5.69. The van der Waals surface area contributed by atoms with Gasteiger partial charge in [-0.15, -0.1) is 0 Å². The van der Waals surface area contributed by atoms with E-state index in [0.717, 1.165) is 31.4 Å². The van der Waals surface area contributed by atoms with Crippen LogP contribution in [-0.2, 0) is 14.3 Å². The van der Waals surface area contributed by atoms with Gasteiger partial charge in [-0.05, 0) is 51.3 Å². The molecule has 1 aromatic carbocycles. The monoisotopic (exact) mass is 426 g/mol. The van der Waals surface area contributed by atoms with Crippen molar-refractivity contribution in [3.05, 3.63) is 52.8 Å². The lowest BCUT2D eigenvalue weighted by Crippen LogP contribution is -2.43. The predicted molar refractivity (Wildman–Crippen MR) is 117 cm³/mol. The second-order valence-electron chi connectivity index (χ2n) is 7.81. The number of benzene rings is 1. The molecule has 1 heterocycles. The minimum Gasteiger partial charge on any atom is -0.462 e. The Hall–Kier alpha value is -3.09. The minimum absolute atomic E-state index is 0.104. The molecule has 1 N–H and O–H groups in total. The lowest BCUT2D eigenvalue weighted by molar-refractivity contribution is -0.122. The van der Waals surface area contributed by atoms with E-state index in [1.165, 1.54) is 6.42 Å². The number of aryl methyl sites for hydroxylation is 1. The van der Waals surface area contributed by atoms with E-state index in [1.54, 1.807) is 25.7 Å². The minimum atomic E-state index is -0.666. The summed E-state index contributed by atoms with van der Waals surface area (Å²) >= 11 is 0. The Balaban J connectivity index is 1.73. The Morgan fingerprint density at radius 1 is 1.00 bits per heavy atom. The lowest BCUT2D eigenvalue weighted by atomic mass is 9.93. The van der Waals surface area contributed by atoms with Crippen LogP contribution in [0.1, 0.15) is 71.1 Å². The third kappa shape index (κ3) is 5.16. The largest absolute Gasteiger partial charge is 0.462 e. The van der Waals surface area contributed by atoms with Gasteiger partial charge in [-0.1, -0.05) is 37.5 Å². The van der Waals surface area contributed by atoms with Crippen LogP contribution in [0.15, 0.2) is 30.3 Å². The van der Waals surface area contributed by atoms with Gasteiger partial charge >= 0.3 is 11.9 Å². The van der Waals surface area contributed by atoms with Crippen molar-refractivity contribution in [1.29, 1.82) is 0 Å². The summed E-state index contributed by atoms with van der Waals surface area (Å²) in [5.41, 5.74) is 2.29. The number of aromatic nitrogens is 1. The number of para-hydroxylation sites is 1. The molecular weight excluding hydrogens is 396 g/mol. The number of nitrogens with one attached hydrogen (secondary N) is 1. The summed E-state index contributed by atoms with van der Waals surface area (Å²) in [6, 6.07) is 9.60. The van der Waals surface area contributed by atoms with E-state index in [0.29, 0.717) is 16.8 Å². The number of aromatic amines is 1. The molecule has 0 unspecified atom stereocenters. The Kier molecular flexibility index (Phi) is 7.50. The number of amides is 1. The lowest BCUT2D eigenvalue weighted by Gasteiger charge is -2.34. The van der Waals surface area contributed by atoms with E-state index in [9.17, 15) is 14.4 Å². The van der Waals surface area contributed by atoms with Crippen LogP contribution in [0.3, 0.4) is 0 Å². The van der Waals surface area contributed by atoms with Crippen LogP contribution < -0.4 is 4.90 Å². The number of ether oxygens (including phenoxy) is 2. The number of esters is 2. The number of H-pyrrole nitrogens is 1. The highest BCUT2D eigenvalue weighted by atomic mass is 16.5. The second-order valence-corrected chi connectivity index (χ2v) is 7.81. The number of anilines is 1. The Morgan fingerprint density at radius 3 is 2.32 bits per heavy atom. The summed E-state index contributed by atoms with van der Waals surface area (Å²) in [6.45, 7) is 4.96. The fraction of sp³-hybridized carbons (Fsp3) is 0.458. The van der Waals surface area contributed by atoms with Gasteiger partial charge < -0.3 is 19.4 Å². The first-order chi connectivity index (χ1) is 14.9. The molecule has 3 rings (SSSR count). The van der Waals surface area contributed by atoms with E-state index < -0.39 is 11.9 Å². The Morgan fingerprint density at radius 2 is 1.68 bits per heavy atom. The summed E-state index contributed by atoms with van der Waals surface area (Å²) in [4.78, 5) is 42.6. The van der Waals surface area contributed by atoms with Crippen LogP contribution >= 0.6 is 0 Å². The number of rotatable bonds is 7. The molecule has 0 spiro atoms. The van der Waals surface area contributed by atoms with Crippen LogP contribution in [0, 0.1) is 13.8 Å². The van der Waals surface area contributed by atoms with Crippen molar-refractivity contribution in [2.45, 2.75) is 58.9 Å².